The predicted octanol–water partition coefficient (Wildman–Crippen LogP) is 4.31. The highest BCUT2D eigenvalue weighted by atomic mass is 79.9. The van der Waals surface area contributed by atoms with Crippen molar-refractivity contribution in [3.8, 4) is 0 Å². The summed E-state index contributed by atoms with van der Waals surface area (Å²) in [6.45, 7) is 1.67. The van der Waals surface area contributed by atoms with Gasteiger partial charge < -0.3 is 5.11 Å². The average Bonchev–Trinajstić information content (AvgIpc) is 2.36. The number of rotatable bonds is 3. The van der Waals surface area contributed by atoms with E-state index in [1.165, 1.54) is 18.2 Å². The first-order valence-corrected chi connectivity index (χ1v) is 6.64. The Labute approximate surface area is 119 Å². The van der Waals surface area contributed by atoms with Crippen LogP contribution < -0.4 is 0 Å². The molecule has 2 aromatic rings. The van der Waals surface area contributed by atoms with Gasteiger partial charge in [0.05, 0.1) is 6.10 Å². The molecule has 100 valence electrons. The molecule has 0 heterocycles. The van der Waals surface area contributed by atoms with Crippen LogP contribution in [0.15, 0.2) is 40.9 Å². The quantitative estimate of drug-likeness (QED) is 0.891. The molecule has 0 aromatic heterocycles. The molecule has 0 radical (unpaired) electrons. The maximum absolute atomic E-state index is 13.4. The first-order valence-electron chi connectivity index (χ1n) is 5.85. The van der Waals surface area contributed by atoms with E-state index in [1.54, 1.807) is 25.1 Å². The molecule has 0 bridgehead atoms. The summed E-state index contributed by atoms with van der Waals surface area (Å²) in [4.78, 5) is 0. The van der Waals surface area contributed by atoms with Gasteiger partial charge in [-0.2, -0.15) is 0 Å². The standard InChI is InChI=1S/C15H13BrF2O/c1-9-2-3-11(6-14(9)18)15(19)7-10-4-5-12(17)8-13(10)16/h2-6,8,15,19H,7H2,1H3. The summed E-state index contributed by atoms with van der Waals surface area (Å²) in [5.41, 5.74) is 1.83. The van der Waals surface area contributed by atoms with Gasteiger partial charge >= 0.3 is 0 Å². The van der Waals surface area contributed by atoms with E-state index < -0.39 is 6.10 Å². The maximum Gasteiger partial charge on any atom is 0.126 e. The van der Waals surface area contributed by atoms with Crippen molar-refractivity contribution in [1.29, 1.82) is 0 Å². The number of hydrogen-bond acceptors (Lipinski definition) is 1. The molecular weight excluding hydrogens is 314 g/mol. The van der Waals surface area contributed by atoms with Crippen LogP contribution in [0.4, 0.5) is 8.78 Å². The highest BCUT2D eigenvalue weighted by molar-refractivity contribution is 9.10. The molecule has 0 amide bonds. The third kappa shape index (κ3) is 3.39. The zero-order valence-electron chi connectivity index (χ0n) is 10.3. The lowest BCUT2D eigenvalue weighted by Crippen LogP contribution is -2.03. The van der Waals surface area contributed by atoms with Crippen molar-refractivity contribution in [3.05, 3.63) is 69.2 Å². The number of aliphatic hydroxyl groups excluding tert-OH is 1. The molecule has 1 N–H and O–H groups in total. The van der Waals surface area contributed by atoms with Crippen molar-refractivity contribution in [1.82, 2.24) is 0 Å². The Morgan fingerprint density at radius 2 is 1.89 bits per heavy atom. The molecule has 0 saturated heterocycles. The fourth-order valence-corrected chi connectivity index (χ4v) is 2.34. The molecule has 1 atom stereocenters. The predicted molar refractivity (Wildman–Crippen MR) is 73.9 cm³/mol. The smallest absolute Gasteiger partial charge is 0.126 e. The zero-order chi connectivity index (χ0) is 14.0. The van der Waals surface area contributed by atoms with Crippen molar-refractivity contribution in [2.45, 2.75) is 19.4 Å². The van der Waals surface area contributed by atoms with Gasteiger partial charge in [0, 0.05) is 10.9 Å². The van der Waals surface area contributed by atoms with Gasteiger partial charge in [-0.25, -0.2) is 8.78 Å². The molecule has 0 saturated carbocycles. The second kappa shape index (κ2) is 5.80. The Bertz CT molecular complexity index is 599. The molecule has 0 aliphatic heterocycles. The monoisotopic (exact) mass is 326 g/mol. The molecule has 1 nitrogen and oxygen atoms in total. The lowest BCUT2D eigenvalue weighted by Gasteiger charge is -2.13. The van der Waals surface area contributed by atoms with Crippen LogP contribution in [-0.4, -0.2) is 5.11 Å². The second-order valence-electron chi connectivity index (χ2n) is 4.46. The van der Waals surface area contributed by atoms with Gasteiger partial charge in [-0.05, 0) is 41.8 Å². The van der Waals surface area contributed by atoms with Gasteiger partial charge in [0.1, 0.15) is 11.6 Å². The first kappa shape index (κ1) is 14.2. The van der Waals surface area contributed by atoms with Crippen LogP contribution in [0, 0.1) is 18.6 Å². The van der Waals surface area contributed by atoms with Crippen LogP contribution in [0.3, 0.4) is 0 Å². The Hall–Kier alpha value is -1.26. The molecule has 1 unspecified atom stereocenters. The molecule has 0 aliphatic rings. The third-order valence-electron chi connectivity index (χ3n) is 3.01. The van der Waals surface area contributed by atoms with Gasteiger partial charge in [0.15, 0.2) is 0 Å². The van der Waals surface area contributed by atoms with Crippen LogP contribution in [-0.2, 0) is 6.42 Å². The van der Waals surface area contributed by atoms with E-state index in [2.05, 4.69) is 15.9 Å². The number of benzene rings is 2. The van der Waals surface area contributed by atoms with Crippen molar-refractivity contribution in [2.75, 3.05) is 0 Å². The molecular formula is C15H13BrF2O. The minimum Gasteiger partial charge on any atom is -0.388 e. The van der Waals surface area contributed by atoms with E-state index in [9.17, 15) is 13.9 Å². The van der Waals surface area contributed by atoms with Crippen molar-refractivity contribution >= 4 is 15.9 Å². The molecule has 0 spiro atoms. The number of halogens is 3. The Morgan fingerprint density at radius 3 is 2.53 bits per heavy atom. The molecule has 19 heavy (non-hydrogen) atoms. The average molecular weight is 327 g/mol. The summed E-state index contributed by atoms with van der Waals surface area (Å²) in [7, 11) is 0. The topological polar surface area (TPSA) is 20.2 Å². The van der Waals surface area contributed by atoms with E-state index in [0.717, 1.165) is 5.56 Å². The van der Waals surface area contributed by atoms with Gasteiger partial charge in [-0.15, -0.1) is 0 Å². The summed E-state index contributed by atoms with van der Waals surface area (Å²) in [6, 6.07) is 8.94. The first-order chi connectivity index (χ1) is 8.97. The fraction of sp³-hybridized carbons (Fsp3) is 0.200. The minimum absolute atomic E-state index is 0.295. The largest absolute Gasteiger partial charge is 0.388 e. The van der Waals surface area contributed by atoms with Crippen LogP contribution in [0.5, 0.6) is 0 Å². The van der Waals surface area contributed by atoms with E-state index in [-0.39, 0.29) is 11.6 Å². The summed E-state index contributed by atoms with van der Waals surface area (Å²) in [5, 5.41) is 10.1. The van der Waals surface area contributed by atoms with Crippen LogP contribution in [0.1, 0.15) is 22.8 Å². The normalized spacial score (nSPS) is 12.5. The molecule has 2 aromatic carbocycles. The summed E-state index contributed by atoms with van der Waals surface area (Å²) in [6.07, 6.45) is -0.527. The number of aryl methyl sites for hydroxylation is 1. The van der Waals surface area contributed by atoms with Gasteiger partial charge in [0.2, 0.25) is 0 Å². The van der Waals surface area contributed by atoms with Crippen molar-refractivity contribution in [3.63, 3.8) is 0 Å². The van der Waals surface area contributed by atoms with Crippen LogP contribution >= 0.6 is 15.9 Å². The Morgan fingerprint density at radius 1 is 1.16 bits per heavy atom. The Balaban J connectivity index is 2.20. The molecule has 0 fully saturated rings. The highest BCUT2D eigenvalue weighted by Gasteiger charge is 2.12. The summed E-state index contributed by atoms with van der Waals surface area (Å²) < 4.78 is 27.0. The van der Waals surface area contributed by atoms with Gasteiger partial charge in [-0.1, -0.05) is 34.1 Å². The fourth-order valence-electron chi connectivity index (χ4n) is 1.83. The Kier molecular flexibility index (Phi) is 4.32. The van der Waals surface area contributed by atoms with Crippen LogP contribution in [0.25, 0.3) is 0 Å². The van der Waals surface area contributed by atoms with Gasteiger partial charge in [0.25, 0.3) is 0 Å². The molecule has 4 heteroatoms. The van der Waals surface area contributed by atoms with E-state index in [1.807, 2.05) is 0 Å². The summed E-state index contributed by atoms with van der Waals surface area (Å²) in [5.74, 6) is -0.679. The number of hydrogen-bond donors (Lipinski definition) is 1. The van der Waals surface area contributed by atoms with Crippen molar-refractivity contribution in [2.24, 2.45) is 0 Å². The van der Waals surface area contributed by atoms with Crippen LogP contribution in [0.2, 0.25) is 0 Å². The van der Waals surface area contributed by atoms with E-state index in [4.69, 9.17) is 0 Å². The molecule has 2 rings (SSSR count). The molecule has 0 aliphatic carbocycles. The minimum atomic E-state index is -0.822. The second-order valence-corrected chi connectivity index (χ2v) is 5.32. The van der Waals surface area contributed by atoms with Gasteiger partial charge in [-0.3, -0.25) is 0 Å². The lowest BCUT2D eigenvalue weighted by atomic mass is 10.0. The number of aliphatic hydroxyl groups is 1. The third-order valence-corrected chi connectivity index (χ3v) is 3.75. The zero-order valence-corrected chi connectivity index (χ0v) is 11.9. The summed E-state index contributed by atoms with van der Waals surface area (Å²) >= 11 is 3.25. The van der Waals surface area contributed by atoms with Crippen molar-refractivity contribution < 1.29 is 13.9 Å². The van der Waals surface area contributed by atoms with E-state index >= 15 is 0 Å². The highest BCUT2D eigenvalue weighted by Crippen LogP contribution is 2.25. The van der Waals surface area contributed by atoms with E-state index in [0.29, 0.717) is 22.0 Å². The maximum atomic E-state index is 13.4. The SMILES string of the molecule is Cc1ccc(C(O)Cc2ccc(F)cc2Br)cc1F. The lowest BCUT2D eigenvalue weighted by molar-refractivity contribution is 0.177.